The molecule has 0 bridgehead atoms. The summed E-state index contributed by atoms with van der Waals surface area (Å²) in [4.78, 5) is 0. The maximum Gasteiger partial charge on any atom is 0.0849 e. The van der Waals surface area contributed by atoms with E-state index < -0.39 is 12.2 Å². The summed E-state index contributed by atoms with van der Waals surface area (Å²) in [6, 6.07) is 0. The van der Waals surface area contributed by atoms with Gasteiger partial charge in [-0.2, -0.15) is 0 Å². The van der Waals surface area contributed by atoms with Crippen molar-refractivity contribution in [1.82, 2.24) is 0 Å². The van der Waals surface area contributed by atoms with Gasteiger partial charge in [-0.05, 0) is 12.8 Å². The molecule has 1 saturated carbocycles. The Labute approximate surface area is 53.9 Å². The van der Waals surface area contributed by atoms with Crippen LogP contribution in [0.15, 0.2) is 0 Å². The number of hydrogen-bond donors (Lipinski definition) is 3. The van der Waals surface area contributed by atoms with Crippen LogP contribution >= 0.6 is 0 Å². The third kappa shape index (κ3) is 1.23. The molecule has 0 aromatic heterocycles. The highest BCUT2D eigenvalue weighted by Gasteiger charge is 2.32. The summed E-state index contributed by atoms with van der Waals surface area (Å²) in [6.45, 7) is -0.0156. The molecular formula is C6H12O3. The molecule has 0 saturated heterocycles. The minimum atomic E-state index is -0.699. The first kappa shape index (κ1) is 6.99. The molecular weight excluding hydrogens is 120 g/mol. The lowest BCUT2D eigenvalue weighted by molar-refractivity contribution is 0.00682. The van der Waals surface area contributed by atoms with Crippen molar-refractivity contribution in [3.05, 3.63) is 0 Å². The molecule has 0 aromatic carbocycles. The molecule has 1 aliphatic carbocycles. The maximum atomic E-state index is 9.05. The van der Waals surface area contributed by atoms with E-state index in [0.29, 0.717) is 6.42 Å². The molecule has 0 radical (unpaired) electrons. The third-order valence-electron chi connectivity index (χ3n) is 1.94. The molecule has 0 spiro atoms. The van der Waals surface area contributed by atoms with Gasteiger partial charge in [0.15, 0.2) is 0 Å². The number of hydrogen-bond acceptors (Lipinski definition) is 3. The van der Waals surface area contributed by atoms with Crippen molar-refractivity contribution < 1.29 is 15.3 Å². The zero-order valence-corrected chi connectivity index (χ0v) is 5.20. The van der Waals surface area contributed by atoms with Crippen LogP contribution in [-0.4, -0.2) is 34.1 Å². The van der Waals surface area contributed by atoms with Crippen LogP contribution in [-0.2, 0) is 0 Å². The monoisotopic (exact) mass is 132 g/mol. The Morgan fingerprint density at radius 2 is 1.89 bits per heavy atom. The number of rotatable bonds is 1. The average molecular weight is 132 g/mol. The van der Waals surface area contributed by atoms with E-state index in [1.165, 1.54) is 0 Å². The second-order valence-electron chi connectivity index (χ2n) is 2.58. The Balaban J connectivity index is 2.41. The normalized spacial score (nSPS) is 43.7. The molecule has 0 aliphatic heterocycles. The van der Waals surface area contributed by atoms with E-state index in [4.69, 9.17) is 15.3 Å². The van der Waals surface area contributed by atoms with E-state index in [1.807, 2.05) is 0 Å². The number of aliphatic hydroxyl groups is 3. The molecule has 0 heterocycles. The van der Waals surface area contributed by atoms with E-state index in [2.05, 4.69) is 0 Å². The van der Waals surface area contributed by atoms with Gasteiger partial charge in [-0.3, -0.25) is 0 Å². The quantitative estimate of drug-likeness (QED) is 0.434. The molecule has 3 heteroatoms. The van der Waals surface area contributed by atoms with Gasteiger partial charge in [0.2, 0.25) is 0 Å². The van der Waals surface area contributed by atoms with Gasteiger partial charge in [0.05, 0.1) is 12.2 Å². The van der Waals surface area contributed by atoms with Crippen LogP contribution in [0, 0.1) is 5.92 Å². The van der Waals surface area contributed by atoms with E-state index in [1.54, 1.807) is 0 Å². The topological polar surface area (TPSA) is 60.7 Å². The van der Waals surface area contributed by atoms with E-state index in [9.17, 15) is 0 Å². The summed E-state index contributed by atoms with van der Waals surface area (Å²) in [5.74, 6) is -0.0972. The summed E-state index contributed by atoms with van der Waals surface area (Å²) in [7, 11) is 0. The van der Waals surface area contributed by atoms with Gasteiger partial charge in [0.25, 0.3) is 0 Å². The molecule has 54 valence electrons. The zero-order valence-electron chi connectivity index (χ0n) is 5.20. The lowest BCUT2D eigenvalue weighted by atomic mass is 10.1. The predicted octanol–water partition coefficient (Wildman–Crippen LogP) is -0.890. The summed E-state index contributed by atoms with van der Waals surface area (Å²) in [6.07, 6.45) is 0.0442. The largest absolute Gasteiger partial charge is 0.396 e. The zero-order chi connectivity index (χ0) is 6.85. The molecule has 3 nitrogen and oxygen atoms in total. The van der Waals surface area contributed by atoms with Crippen LogP contribution in [0.1, 0.15) is 12.8 Å². The fraction of sp³-hybridized carbons (Fsp3) is 1.00. The van der Waals surface area contributed by atoms with Crippen LogP contribution in [0.25, 0.3) is 0 Å². The molecule has 0 aromatic rings. The summed E-state index contributed by atoms with van der Waals surface area (Å²) in [5.41, 5.74) is 0. The Hall–Kier alpha value is -0.120. The number of aliphatic hydroxyl groups excluding tert-OH is 3. The van der Waals surface area contributed by atoms with Crippen molar-refractivity contribution in [3.8, 4) is 0 Å². The van der Waals surface area contributed by atoms with Gasteiger partial charge in [0.1, 0.15) is 0 Å². The second-order valence-corrected chi connectivity index (χ2v) is 2.58. The van der Waals surface area contributed by atoms with Gasteiger partial charge in [-0.15, -0.1) is 0 Å². The van der Waals surface area contributed by atoms with Crippen LogP contribution in [0.2, 0.25) is 0 Å². The lowest BCUT2D eigenvalue weighted by Gasteiger charge is -2.12. The van der Waals surface area contributed by atoms with Crippen molar-refractivity contribution in [2.75, 3.05) is 6.61 Å². The van der Waals surface area contributed by atoms with E-state index in [0.717, 1.165) is 6.42 Å². The summed E-state index contributed by atoms with van der Waals surface area (Å²) >= 11 is 0. The van der Waals surface area contributed by atoms with Crippen LogP contribution in [0.3, 0.4) is 0 Å². The van der Waals surface area contributed by atoms with Crippen molar-refractivity contribution >= 4 is 0 Å². The second kappa shape index (κ2) is 2.64. The van der Waals surface area contributed by atoms with Crippen LogP contribution < -0.4 is 0 Å². The molecule has 3 atom stereocenters. The molecule has 9 heavy (non-hydrogen) atoms. The summed E-state index contributed by atoms with van der Waals surface area (Å²) in [5, 5.41) is 26.6. The first-order valence-electron chi connectivity index (χ1n) is 3.22. The van der Waals surface area contributed by atoms with Crippen molar-refractivity contribution in [3.63, 3.8) is 0 Å². The third-order valence-corrected chi connectivity index (χ3v) is 1.94. The average Bonchev–Trinajstić information content (AvgIpc) is 2.15. The maximum absolute atomic E-state index is 9.05. The standard InChI is InChI=1S/C6H12O3/c7-3-4-1-2-5(8)6(4)9/h4-9H,1-3H2. The highest BCUT2D eigenvalue weighted by atomic mass is 16.3. The van der Waals surface area contributed by atoms with Gasteiger partial charge in [-0.1, -0.05) is 0 Å². The van der Waals surface area contributed by atoms with Gasteiger partial charge < -0.3 is 15.3 Å². The smallest absolute Gasteiger partial charge is 0.0849 e. The van der Waals surface area contributed by atoms with E-state index >= 15 is 0 Å². The van der Waals surface area contributed by atoms with Gasteiger partial charge in [0, 0.05) is 12.5 Å². The minimum Gasteiger partial charge on any atom is -0.396 e. The summed E-state index contributed by atoms with van der Waals surface area (Å²) < 4.78 is 0. The fourth-order valence-electron chi connectivity index (χ4n) is 1.24. The van der Waals surface area contributed by atoms with Gasteiger partial charge in [-0.25, -0.2) is 0 Å². The van der Waals surface area contributed by atoms with E-state index in [-0.39, 0.29) is 12.5 Å². The Morgan fingerprint density at radius 1 is 1.22 bits per heavy atom. The highest BCUT2D eigenvalue weighted by molar-refractivity contribution is 4.83. The van der Waals surface area contributed by atoms with Crippen molar-refractivity contribution in [1.29, 1.82) is 0 Å². The lowest BCUT2D eigenvalue weighted by Crippen LogP contribution is -2.26. The van der Waals surface area contributed by atoms with Crippen molar-refractivity contribution in [2.45, 2.75) is 25.0 Å². The first-order valence-corrected chi connectivity index (χ1v) is 3.22. The Morgan fingerprint density at radius 3 is 2.11 bits per heavy atom. The Bertz CT molecular complexity index is 94.3. The Kier molecular flexibility index (Phi) is 2.05. The SMILES string of the molecule is OCC1CCC(O)C1O. The molecule has 1 aliphatic rings. The minimum absolute atomic E-state index is 0.0156. The molecule has 0 amide bonds. The first-order chi connectivity index (χ1) is 4.25. The van der Waals surface area contributed by atoms with Gasteiger partial charge >= 0.3 is 0 Å². The predicted molar refractivity (Wildman–Crippen MR) is 31.8 cm³/mol. The molecule has 1 fully saturated rings. The fourth-order valence-corrected chi connectivity index (χ4v) is 1.24. The molecule has 3 N–H and O–H groups in total. The highest BCUT2D eigenvalue weighted by Crippen LogP contribution is 2.24. The van der Waals surface area contributed by atoms with Crippen LogP contribution in [0.4, 0.5) is 0 Å². The molecule has 3 unspecified atom stereocenters. The van der Waals surface area contributed by atoms with Crippen molar-refractivity contribution in [2.24, 2.45) is 5.92 Å². The van der Waals surface area contributed by atoms with Crippen LogP contribution in [0.5, 0.6) is 0 Å². The molecule has 1 rings (SSSR count).